The van der Waals surface area contributed by atoms with Gasteiger partial charge in [0.2, 0.25) is 0 Å². The van der Waals surface area contributed by atoms with E-state index >= 15 is 0 Å². The molecule has 6 heteroatoms. The number of rotatable bonds is 4. The Kier molecular flexibility index (Phi) is 4.86. The zero-order chi connectivity index (χ0) is 13.0. The summed E-state index contributed by atoms with van der Waals surface area (Å²) < 4.78 is 0. The number of nitrogens with zero attached hydrogens (tertiary/aromatic N) is 3. The minimum absolute atomic E-state index is 0.175. The summed E-state index contributed by atoms with van der Waals surface area (Å²) in [7, 11) is 0. The molecule has 0 amide bonds. The summed E-state index contributed by atoms with van der Waals surface area (Å²) in [6.07, 6.45) is 0.402. The molecule has 0 aliphatic carbocycles. The summed E-state index contributed by atoms with van der Waals surface area (Å²) in [6, 6.07) is 3.85. The van der Waals surface area contributed by atoms with Gasteiger partial charge in [0, 0.05) is 12.6 Å². The molecule has 0 atom stereocenters. The third kappa shape index (κ3) is 3.39. The monoisotopic (exact) mass is 272 g/mol. The number of pyridine rings is 1. The predicted molar refractivity (Wildman–Crippen MR) is 71.4 cm³/mol. The van der Waals surface area contributed by atoms with E-state index in [1.54, 1.807) is 6.07 Å². The highest BCUT2D eigenvalue weighted by molar-refractivity contribution is 6.37. The van der Waals surface area contributed by atoms with Crippen LogP contribution in [0, 0.1) is 11.3 Å². The van der Waals surface area contributed by atoms with Crippen molar-refractivity contribution >= 4 is 34.8 Å². The first kappa shape index (κ1) is 13.9. The van der Waals surface area contributed by atoms with Crippen LogP contribution in [-0.4, -0.2) is 17.6 Å². The Balaban J connectivity index is 3.10. The van der Waals surface area contributed by atoms with Gasteiger partial charge in [0.05, 0.1) is 22.5 Å². The molecule has 17 heavy (non-hydrogen) atoms. The fraction of sp³-hybridized carbons (Fsp3) is 0.455. The first-order chi connectivity index (χ1) is 7.97. The Morgan fingerprint density at radius 1 is 1.47 bits per heavy atom. The second kappa shape index (κ2) is 5.95. The molecule has 0 aliphatic rings. The highest BCUT2D eigenvalue weighted by atomic mass is 35.5. The molecule has 0 saturated heterocycles. The first-order valence-electron chi connectivity index (χ1n) is 5.22. The van der Waals surface area contributed by atoms with Crippen molar-refractivity contribution in [2.75, 3.05) is 17.2 Å². The van der Waals surface area contributed by atoms with E-state index in [0.717, 1.165) is 0 Å². The summed E-state index contributed by atoms with van der Waals surface area (Å²) in [5.74, 6) is 0.812. The molecule has 1 aromatic heterocycles. The Morgan fingerprint density at radius 2 is 2.12 bits per heavy atom. The Labute approximate surface area is 111 Å². The van der Waals surface area contributed by atoms with Gasteiger partial charge in [0.15, 0.2) is 0 Å². The van der Waals surface area contributed by atoms with E-state index in [4.69, 9.17) is 34.2 Å². The average molecular weight is 273 g/mol. The Bertz CT molecular complexity index is 440. The maximum absolute atomic E-state index is 8.64. The lowest BCUT2D eigenvalue weighted by Crippen LogP contribution is -2.32. The number of nitrogens with two attached hydrogens (primary N) is 1. The zero-order valence-corrected chi connectivity index (χ0v) is 11.3. The fourth-order valence-electron chi connectivity index (χ4n) is 1.45. The number of anilines is 2. The predicted octanol–water partition coefficient (Wildman–Crippen LogP) is 3.10. The maximum atomic E-state index is 8.64. The topological polar surface area (TPSA) is 65.9 Å². The molecular formula is C11H14Cl2N4. The molecule has 4 nitrogen and oxygen atoms in total. The van der Waals surface area contributed by atoms with Crippen LogP contribution >= 0.6 is 23.2 Å². The summed E-state index contributed by atoms with van der Waals surface area (Å²) >= 11 is 11.9. The van der Waals surface area contributed by atoms with Gasteiger partial charge >= 0.3 is 0 Å². The van der Waals surface area contributed by atoms with E-state index in [1.165, 1.54) is 0 Å². The van der Waals surface area contributed by atoms with Crippen LogP contribution in [-0.2, 0) is 0 Å². The van der Waals surface area contributed by atoms with E-state index in [2.05, 4.69) is 11.1 Å². The van der Waals surface area contributed by atoms with Gasteiger partial charge in [-0.3, -0.25) is 0 Å². The fourth-order valence-corrected chi connectivity index (χ4v) is 1.92. The van der Waals surface area contributed by atoms with Crippen molar-refractivity contribution in [1.29, 1.82) is 5.26 Å². The van der Waals surface area contributed by atoms with Crippen molar-refractivity contribution in [2.24, 2.45) is 0 Å². The molecule has 1 heterocycles. The number of hydrogen-bond donors (Lipinski definition) is 1. The summed E-state index contributed by atoms with van der Waals surface area (Å²) in [6.45, 7) is 4.56. The van der Waals surface area contributed by atoms with Crippen molar-refractivity contribution in [3.8, 4) is 6.07 Å². The van der Waals surface area contributed by atoms with Crippen molar-refractivity contribution in [3.63, 3.8) is 0 Å². The normalized spacial score (nSPS) is 10.4. The third-order valence-corrected chi connectivity index (χ3v) is 2.88. The van der Waals surface area contributed by atoms with Crippen LogP contribution in [0.1, 0.15) is 20.3 Å². The quantitative estimate of drug-likeness (QED) is 0.915. The van der Waals surface area contributed by atoms with Crippen molar-refractivity contribution in [2.45, 2.75) is 26.3 Å². The third-order valence-electron chi connectivity index (χ3n) is 2.30. The van der Waals surface area contributed by atoms with E-state index in [1.807, 2.05) is 18.7 Å². The second-order valence-electron chi connectivity index (χ2n) is 3.86. The molecule has 0 fully saturated rings. The lowest BCUT2D eigenvalue weighted by molar-refractivity contribution is 0.677. The largest absolute Gasteiger partial charge is 0.382 e. The smallest absolute Gasteiger partial charge is 0.150 e. The van der Waals surface area contributed by atoms with Crippen LogP contribution in [0.3, 0.4) is 0 Å². The molecule has 0 radical (unpaired) electrons. The van der Waals surface area contributed by atoms with Crippen molar-refractivity contribution in [1.82, 2.24) is 4.98 Å². The molecule has 0 aliphatic heterocycles. The molecule has 1 rings (SSSR count). The molecule has 0 spiro atoms. The molecule has 0 aromatic carbocycles. The Morgan fingerprint density at radius 3 is 2.65 bits per heavy atom. The average Bonchev–Trinajstić information content (AvgIpc) is 2.25. The van der Waals surface area contributed by atoms with Gasteiger partial charge in [-0.05, 0) is 19.9 Å². The molecule has 0 saturated carbocycles. The summed E-state index contributed by atoms with van der Waals surface area (Å²) in [5.41, 5.74) is 5.66. The van der Waals surface area contributed by atoms with Gasteiger partial charge in [0.25, 0.3) is 0 Å². The zero-order valence-electron chi connectivity index (χ0n) is 9.74. The molecule has 2 N–H and O–H groups in total. The van der Waals surface area contributed by atoms with Gasteiger partial charge in [-0.15, -0.1) is 0 Å². The summed E-state index contributed by atoms with van der Waals surface area (Å²) in [5, 5.41) is 9.41. The molecule has 0 unspecified atom stereocenters. The van der Waals surface area contributed by atoms with Crippen LogP contribution in [0.2, 0.25) is 10.0 Å². The van der Waals surface area contributed by atoms with Crippen molar-refractivity contribution < 1.29 is 0 Å². The minimum Gasteiger partial charge on any atom is -0.382 e. The number of halogens is 2. The second-order valence-corrected chi connectivity index (χ2v) is 4.67. The van der Waals surface area contributed by atoms with E-state index in [9.17, 15) is 0 Å². The van der Waals surface area contributed by atoms with Crippen LogP contribution in [0.25, 0.3) is 0 Å². The number of nitriles is 1. The van der Waals surface area contributed by atoms with Crippen LogP contribution < -0.4 is 10.6 Å². The molecule has 1 aromatic rings. The van der Waals surface area contributed by atoms with Gasteiger partial charge in [-0.1, -0.05) is 23.2 Å². The van der Waals surface area contributed by atoms with Crippen LogP contribution in [0.4, 0.5) is 11.6 Å². The van der Waals surface area contributed by atoms with Gasteiger partial charge in [0.1, 0.15) is 11.6 Å². The minimum atomic E-state index is 0.175. The first-order valence-corrected chi connectivity index (χ1v) is 5.98. The highest BCUT2D eigenvalue weighted by Crippen LogP contribution is 2.31. The van der Waals surface area contributed by atoms with Crippen LogP contribution in [0.5, 0.6) is 0 Å². The van der Waals surface area contributed by atoms with E-state index in [-0.39, 0.29) is 11.9 Å². The SMILES string of the molecule is CC(C)N(CCC#N)c1nc(N)c(Cl)cc1Cl. The summed E-state index contributed by atoms with van der Waals surface area (Å²) in [4.78, 5) is 6.11. The highest BCUT2D eigenvalue weighted by Gasteiger charge is 2.17. The maximum Gasteiger partial charge on any atom is 0.150 e. The lowest BCUT2D eigenvalue weighted by atomic mass is 10.2. The van der Waals surface area contributed by atoms with Gasteiger partial charge in [-0.2, -0.15) is 5.26 Å². The number of hydrogen-bond acceptors (Lipinski definition) is 4. The van der Waals surface area contributed by atoms with Crippen LogP contribution in [0.15, 0.2) is 6.07 Å². The standard InChI is InChI=1S/C11H14Cl2N4/c1-7(2)17(5-3-4-14)11-9(13)6-8(12)10(15)16-11/h6-7H,3,5H2,1-2H3,(H2,15,16). The lowest BCUT2D eigenvalue weighted by Gasteiger charge is -2.28. The Hall–Kier alpha value is -1.18. The molecular weight excluding hydrogens is 259 g/mol. The molecule has 92 valence electrons. The molecule has 0 bridgehead atoms. The number of nitrogen functional groups attached to an aromatic ring is 1. The van der Waals surface area contributed by atoms with E-state index in [0.29, 0.717) is 28.8 Å². The van der Waals surface area contributed by atoms with E-state index < -0.39 is 0 Å². The van der Waals surface area contributed by atoms with Crippen molar-refractivity contribution in [3.05, 3.63) is 16.1 Å². The van der Waals surface area contributed by atoms with Gasteiger partial charge in [-0.25, -0.2) is 4.98 Å². The van der Waals surface area contributed by atoms with Gasteiger partial charge < -0.3 is 10.6 Å². The number of aromatic nitrogens is 1.